The Labute approximate surface area is 125 Å². The quantitative estimate of drug-likeness (QED) is 0.838. The minimum Gasteiger partial charge on any atom is -0.374 e. The second-order valence-corrected chi connectivity index (χ2v) is 8.03. The van der Waals surface area contributed by atoms with Crippen molar-refractivity contribution in [1.82, 2.24) is 5.32 Å². The molecule has 3 aliphatic rings. The predicted molar refractivity (Wildman–Crippen MR) is 83.8 cm³/mol. The van der Waals surface area contributed by atoms with Gasteiger partial charge in [-0.05, 0) is 57.4 Å². The summed E-state index contributed by atoms with van der Waals surface area (Å²) in [6.07, 6.45) is 13.3. The summed E-state index contributed by atoms with van der Waals surface area (Å²) in [4.78, 5) is 0. The van der Waals surface area contributed by atoms with Gasteiger partial charge < -0.3 is 10.1 Å². The van der Waals surface area contributed by atoms with Crippen molar-refractivity contribution in [2.45, 2.75) is 89.9 Å². The summed E-state index contributed by atoms with van der Waals surface area (Å²) < 4.78 is 6.65. The third kappa shape index (κ3) is 2.66. The van der Waals surface area contributed by atoms with E-state index < -0.39 is 0 Å². The molecule has 0 saturated heterocycles. The van der Waals surface area contributed by atoms with E-state index in [1.54, 1.807) is 0 Å². The molecule has 4 unspecified atom stereocenters. The molecular formula is C18H33NO. The van der Waals surface area contributed by atoms with Gasteiger partial charge in [-0.25, -0.2) is 0 Å². The highest BCUT2D eigenvalue weighted by atomic mass is 16.5. The summed E-state index contributed by atoms with van der Waals surface area (Å²) in [5.74, 6) is 1.71. The average molecular weight is 279 g/mol. The summed E-state index contributed by atoms with van der Waals surface area (Å²) in [5, 5.41) is 3.57. The van der Waals surface area contributed by atoms with Crippen LogP contribution in [0.25, 0.3) is 0 Å². The average Bonchev–Trinajstić information content (AvgIpc) is 2.43. The van der Waals surface area contributed by atoms with E-state index >= 15 is 0 Å². The van der Waals surface area contributed by atoms with E-state index in [1.165, 1.54) is 57.8 Å². The fourth-order valence-corrected chi connectivity index (χ4v) is 5.44. The van der Waals surface area contributed by atoms with E-state index in [-0.39, 0.29) is 0 Å². The van der Waals surface area contributed by atoms with Gasteiger partial charge in [-0.3, -0.25) is 0 Å². The van der Waals surface area contributed by atoms with Crippen LogP contribution in [0.1, 0.15) is 71.6 Å². The standard InChI is InChI=1S/C18H33NO/c1-13-9-14(2)11-15(10-13)20-17-12-16(19-3)18(17)7-5-4-6-8-18/h13-17,19H,4-12H2,1-3H3. The van der Waals surface area contributed by atoms with E-state index in [2.05, 4.69) is 26.2 Å². The van der Waals surface area contributed by atoms with Crippen LogP contribution in [0.2, 0.25) is 0 Å². The Bertz CT molecular complexity index is 313. The Morgan fingerprint density at radius 1 is 0.900 bits per heavy atom. The van der Waals surface area contributed by atoms with Gasteiger partial charge in [-0.15, -0.1) is 0 Å². The smallest absolute Gasteiger partial charge is 0.0665 e. The van der Waals surface area contributed by atoms with Crippen molar-refractivity contribution in [3.63, 3.8) is 0 Å². The Balaban J connectivity index is 1.62. The fraction of sp³-hybridized carbons (Fsp3) is 1.00. The van der Waals surface area contributed by atoms with Crippen LogP contribution in [0.15, 0.2) is 0 Å². The summed E-state index contributed by atoms with van der Waals surface area (Å²) in [6.45, 7) is 4.80. The fourth-order valence-electron chi connectivity index (χ4n) is 5.44. The van der Waals surface area contributed by atoms with Gasteiger partial charge in [0.05, 0.1) is 12.2 Å². The Morgan fingerprint density at radius 2 is 1.55 bits per heavy atom. The minimum absolute atomic E-state index is 0.483. The van der Waals surface area contributed by atoms with Crippen LogP contribution in [0, 0.1) is 17.3 Å². The zero-order valence-corrected chi connectivity index (χ0v) is 13.7. The first kappa shape index (κ1) is 14.8. The molecule has 20 heavy (non-hydrogen) atoms. The van der Waals surface area contributed by atoms with E-state index in [4.69, 9.17) is 4.74 Å². The summed E-state index contributed by atoms with van der Waals surface area (Å²) >= 11 is 0. The van der Waals surface area contributed by atoms with Gasteiger partial charge in [0.25, 0.3) is 0 Å². The van der Waals surface area contributed by atoms with Gasteiger partial charge in [0, 0.05) is 11.5 Å². The normalized spacial score (nSPS) is 44.2. The van der Waals surface area contributed by atoms with Crippen molar-refractivity contribution < 1.29 is 4.74 Å². The van der Waals surface area contributed by atoms with Gasteiger partial charge in [0.2, 0.25) is 0 Å². The second-order valence-electron chi connectivity index (χ2n) is 8.03. The molecule has 3 fully saturated rings. The molecule has 1 N–H and O–H groups in total. The zero-order chi connectivity index (χ0) is 14.2. The number of nitrogens with one attached hydrogen (secondary N) is 1. The van der Waals surface area contributed by atoms with Crippen LogP contribution >= 0.6 is 0 Å². The largest absolute Gasteiger partial charge is 0.374 e. The Kier molecular flexibility index (Phi) is 4.42. The third-order valence-corrected chi connectivity index (χ3v) is 6.41. The maximum Gasteiger partial charge on any atom is 0.0665 e. The molecule has 2 nitrogen and oxygen atoms in total. The topological polar surface area (TPSA) is 21.3 Å². The molecule has 0 bridgehead atoms. The first-order valence-corrected chi connectivity index (χ1v) is 8.97. The second kappa shape index (κ2) is 5.96. The maximum absolute atomic E-state index is 6.65. The molecule has 0 aromatic heterocycles. The Hall–Kier alpha value is -0.0800. The monoisotopic (exact) mass is 279 g/mol. The lowest BCUT2D eigenvalue weighted by Crippen LogP contribution is -2.64. The van der Waals surface area contributed by atoms with E-state index in [9.17, 15) is 0 Å². The molecule has 0 aromatic carbocycles. The predicted octanol–water partition coefficient (Wildman–Crippen LogP) is 4.14. The van der Waals surface area contributed by atoms with Crippen LogP contribution in [0.4, 0.5) is 0 Å². The number of hydrogen-bond donors (Lipinski definition) is 1. The lowest BCUT2D eigenvalue weighted by atomic mass is 9.55. The number of ether oxygens (including phenoxy) is 1. The number of rotatable bonds is 3. The van der Waals surface area contributed by atoms with Crippen LogP contribution in [0.3, 0.4) is 0 Å². The van der Waals surface area contributed by atoms with Crippen LogP contribution in [-0.4, -0.2) is 25.3 Å². The zero-order valence-electron chi connectivity index (χ0n) is 13.7. The van der Waals surface area contributed by atoms with Gasteiger partial charge in [-0.2, -0.15) is 0 Å². The highest BCUT2D eigenvalue weighted by molar-refractivity contribution is 5.08. The first-order chi connectivity index (χ1) is 9.64. The summed E-state index contributed by atoms with van der Waals surface area (Å²) in [6, 6.07) is 0.714. The molecule has 0 aromatic rings. The summed E-state index contributed by atoms with van der Waals surface area (Å²) in [5.41, 5.74) is 0.483. The Morgan fingerprint density at radius 3 is 2.15 bits per heavy atom. The molecule has 4 atom stereocenters. The maximum atomic E-state index is 6.65. The first-order valence-electron chi connectivity index (χ1n) is 8.97. The van der Waals surface area contributed by atoms with Crippen LogP contribution in [-0.2, 0) is 4.74 Å². The van der Waals surface area contributed by atoms with E-state index in [1.807, 2.05) is 0 Å². The van der Waals surface area contributed by atoms with E-state index in [0.717, 1.165) is 11.8 Å². The molecule has 3 rings (SSSR count). The molecule has 0 amide bonds. The SMILES string of the molecule is CNC1CC(OC2CC(C)CC(C)C2)C12CCCCC2. The highest BCUT2D eigenvalue weighted by Crippen LogP contribution is 2.54. The van der Waals surface area contributed by atoms with Crippen molar-refractivity contribution in [3.8, 4) is 0 Å². The molecule has 0 aliphatic heterocycles. The molecular weight excluding hydrogens is 246 g/mol. The van der Waals surface area contributed by atoms with Crippen molar-refractivity contribution in [1.29, 1.82) is 0 Å². The number of hydrogen-bond acceptors (Lipinski definition) is 2. The molecule has 116 valence electrons. The third-order valence-electron chi connectivity index (χ3n) is 6.41. The summed E-state index contributed by atoms with van der Waals surface area (Å²) in [7, 11) is 2.14. The van der Waals surface area contributed by atoms with Crippen molar-refractivity contribution in [3.05, 3.63) is 0 Å². The molecule has 0 heterocycles. The van der Waals surface area contributed by atoms with Crippen LogP contribution < -0.4 is 5.32 Å². The molecule has 2 heteroatoms. The van der Waals surface area contributed by atoms with Gasteiger partial charge >= 0.3 is 0 Å². The van der Waals surface area contributed by atoms with Crippen molar-refractivity contribution >= 4 is 0 Å². The molecule has 3 saturated carbocycles. The van der Waals surface area contributed by atoms with Crippen molar-refractivity contribution in [2.75, 3.05) is 7.05 Å². The highest BCUT2D eigenvalue weighted by Gasteiger charge is 2.55. The van der Waals surface area contributed by atoms with Gasteiger partial charge in [-0.1, -0.05) is 33.1 Å². The molecule has 1 spiro atoms. The molecule has 3 aliphatic carbocycles. The van der Waals surface area contributed by atoms with Crippen molar-refractivity contribution in [2.24, 2.45) is 17.3 Å². The lowest BCUT2D eigenvalue weighted by molar-refractivity contribution is -0.185. The van der Waals surface area contributed by atoms with Gasteiger partial charge in [0.1, 0.15) is 0 Å². The van der Waals surface area contributed by atoms with E-state index in [0.29, 0.717) is 23.7 Å². The van der Waals surface area contributed by atoms with Gasteiger partial charge in [0.15, 0.2) is 0 Å². The molecule has 0 radical (unpaired) electrons. The minimum atomic E-state index is 0.483. The van der Waals surface area contributed by atoms with Crippen LogP contribution in [0.5, 0.6) is 0 Å². The lowest BCUT2D eigenvalue weighted by Gasteiger charge is -2.58.